The largest absolute Gasteiger partial charge is 0.396 e. The summed E-state index contributed by atoms with van der Waals surface area (Å²) < 4.78 is 7.43. The van der Waals surface area contributed by atoms with Crippen molar-refractivity contribution in [3.8, 4) is 11.1 Å². The van der Waals surface area contributed by atoms with Gasteiger partial charge in [-0.05, 0) is 80.9 Å². The highest BCUT2D eigenvalue weighted by Gasteiger charge is 2.47. The lowest BCUT2D eigenvalue weighted by atomic mass is 9.86. The van der Waals surface area contributed by atoms with Crippen molar-refractivity contribution in [2.45, 2.75) is 57.9 Å². The van der Waals surface area contributed by atoms with Crippen molar-refractivity contribution in [2.75, 3.05) is 31.7 Å². The maximum absolute atomic E-state index is 12.7. The molecule has 1 unspecified atom stereocenters. The highest BCUT2D eigenvalue weighted by atomic mass is 16.5. The van der Waals surface area contributed by atoms with Crippen LogP contribution in [0.2, 0.25) is 0 Å². The minimum atomic E-state index is -0.0672. The van der Waals surface area contributed by atoms with Crippen molar-refractivity contribution >= 4 is 17.4 Å². The summed E-state index contributed by atoms with van der Waals surface area (Å²) in [6.45, 7) is 8.73. The number of ether oxygens (including phenoxy) is 1. The molecule has 1 saturated heterocycles. The van der Waals surface area contributed by atoms with Gasteiger partial charge in [0.25, 0.3) is 5.91 Å². The van der Waals surface area contributed by atoms with Crippen LogP contribution in [0.15, 0.2) is 43.1 Å². The lowest BCUT2D eigenvalue weighted by Gasteiger charge is -2.24. The second kappa shape index (κ2) is 10.7. The second-order valence-electron chi connectivity index (χ2n) is 11.7. The zero-order chi connectivity index (χ0) is 27.0. The van der Waals surface area contributed by atoms with E-state index in [1.54, 1.807) is 0 Å². The molecule has 206 valence electrons. The van der Waals surface area contributed by atoms with Crippen molar-refractivity contribution in [3.05, 3.63) is 59.9 Å². The molecular formula is C31H39N5O3. The molecule has 0 bridgehead atoms. The number of amides is 1. The van der Waals surface area contributed by atoms with Gasteiger partial charge in [0.15, 0.2) is 5.65 Å². The van der Waals surface area contributed by atoms with Crippen molar-refractivity contribution in [1.82, 2.24) is 19.9 Å². The third-order valence-corrected chi connectivity index (χ3v) is 8.84. The highest BCUT2D eigenvalue weighted by molar-refractivity contribution is 5.97. The van der Waals surface area contributed by atoms with E-state index in [1.165, 1.54) is 0 Å². The first-order valence-corrected chi connectivity index (χ1v) is 14.3. The minimum Gasteiger partial charge on any atom is -0.396 e. The fourth-order valence-electron chi connectivity index (χ4n) is 5.81. The lowest BCUT2D eigenvalue weighted by Crippen LogP contribution is -2.26. The fraction of sp³-hybridized carbons (Fsp3) is 0.516. The molecule has 3 aliphatic rings. The van der Waals surface area contributed by atoms with Crippen LogP contribution >= 0.6 is 0 Å². The molecule has 2 saturated carbocycles. The summed E-state index contributed by atoms with van der Waals surface area (Å²) in [6, 6.07) is 8.38. The van der Waals surface area contributed by atoms with Gasteiger partial charge in [0.05, 0.1) is 6.20 Å². The van der Waals surface area contributed by atoms with Gasteiger partial charge in [-0.25, -0.2) is 4.98 Å². The van der Waals surface area contributed by atoms with Crippen molar-refractivity contribution in [1.29, 1.82) is 0 Å². The Morgan fingerprint density at radius 1 is 1.26 bits per heavy atom. The van der Waals surface area contributed by atoms with Crippen LogP contribution < -0.4 is 10.6 Å². The number of anilines is 1. The van der Waals surface area contributed by atoms with Gasteiger partial charge in [-0.3, -0.25) is 4.79 Å². The number of fused-ring (bicyclic) bond motifs is 1. The van der Waals surface area contributed by atoms with E-state index in [1.807, 2.05) is 35.8 Å². The summed E-state index contributed by atoms with van der Waals surface area (Å²) >= 11 is 0. The quantitative estimate of drug-likeness (QED) is 0.315. The third kappa shape index (κ3) is 5.45. The molecule has 1 amide bonds. The molecule has 3 aromatic rings. The smallest absolute Gasteiger partial charge is 0.251 e. The number of hydrogen-bond acceptors (Lipinski definition) is 6. The Morgan fingerprint density at radius 3 is 2.72 bits per heavy atom. The first kappa shape index (κ1) is 26.0. The normalized spacial score (nSPS) is 19.5. The van der Waals surface area contributed by atoms with Crippen LogP contribution in [0, 0.1) is 24.2 Å². The fourth-order valence-corrected chi connectivity index (χ4v) is 5.81. The van der Waals surface area contributed by atoms with E-state index in [9.17, 15) is 9.90 Å². The Bertz CT molecular complexity index is 1370. The number of benzene rings is 1. The zero-order valence-electron chi connectivity index (χ0n) is 22.8. The number of hydrogen-bond donors (Lipinski definition) is 3. The molecule has 3 N–H and O–H groups in total. The monoisotopic (exact) mass is 529 g/mol. The number of rotatable bonds is 11. The van der Waals surface area contributed by atoms with Crippen LogP contribution in [0.5, 0.6) is 0 Å². The van der Waals surface area contributed by atoms with E-state index in [2.05, 4.69) is 29.3 Å². The molecule has 8 nitrogen and oxygen atoms in total. The zero-order valence-corrected chi connectivity index (χ0v) is 22.8. The topological polar surface area (TPSA) is 101 Å². The van der Waals surface area contributed by atoms with Crippen LogP contribution in [-0.4, -0.2) is 58.0 Å². The number of carbonyl (C=O) groups excluding carboxylic acids is 1. The average molecular weight is 530 g/mol. The Kier molecular flexibility index (Phi) is 7.16. The number of aryl methyl sites for hydroxylation is 1. The van der Waals surface area contributed by atoms with Crippen LogP contribution in [-0.2, 0) is 11.2 Å². The molecule has 39 heavy (non-hydrogen) atoms. The predicted octanol–water partition coefficient (Wildman–Crippen LogP) is 4.55. The van der Waals surface area contributed by atoms with Gasteiger partial charge in [-0.15, -0.1) is 6.58 Å². The van der Waals surface area contributed by atoms with E-state index in [0.29, 0.717) is 17.5 Å². The van der Waals surface area contributed by atoms with Crippen molar-refractivity contribution in [2.24, 2.45) is 17.3 Å². The molecule has 2 aliphatic carbocycles. The van der Waals surface area contributed by atoms with Crippen LogP contribution in [0.3, 0.4) is 0 Å². The van der Waals surface area contributed by atoms with Gasteiger partial charge in [0, 0.05) is 60.7 Å². The molecule has 1 aromatic carbocycles. The average Bonchev–Trinajstić information content (AvgIpc) is 3.89. The van der Waals surface area contributed by atoms with Crippen molar-refractivity contribution < 1.29 is 14.6 Å². The molecular weight excluding hydrogens is 490 g/mol. The second-order valence-corrected chi connectivity index (χ2v) is 11.7. The van der Waals surface area contributed by atoms with Gasteiger partial charge in [0.2, 0.25) is 0 Å². The summed E-state index contributed by atoms with van der Waals surface area (Å²) in [6.07, 6.45) is 10.8. The van der Waals surface area contributed by atoms with Gasteiger partial charge in [-0.2, -0.15) is 9.61 Å². The summed E-state index contributed by atoms with van der Waals surface area (Å²) in [7, 11) is 0. The first-order chi connectivity index (χ1) is 19.0. The molecule has 0 spiro atoms. The third-order valence-electron chi connectivity index (χ3n) is 8.84. The van der Waals surface area contributed by atoms with E-state index in [-0.39, 0.29) is 23.8 Å². The van der Waals surface area contributed by atoms with E-state index >= 15 is 0 Å². The van der Waals surface area contributed by atoms with Crippen LogP contribution in [0.1, 0.15) is 60.1 Å². The number of carbonyl (C=O) groups is 1. The molecule has 8 heteroatoms. The number of allylic oxidation sites excluding steroid dienone is 1. The SMILES string of the molecule is C=CC(Cc1cc(NCC2CCOCC2)n2ncc(-c3ccc(C(=O)NC4CC4)c(C)c3)c2n1)C1(CO)CC1. The molecule has 2 aromatic heterocycles. The van der Waals surface area contributed by atoms with Gasteiger partial charge in [-0.1, -0.05) is 18.2 Å². The molecule has 0 radical (unpaired) electrons. The Hall–Kier alpha value is -3.23. The first-order valence-electron chi connectivity index (χ1n) is 14.3. The van der Waals surface area contributed by atoms with E-state index in [4.69, 9.17) is 14.8 Å². The number of aromatic nitrogens is 3. The standard InChI is InChI=1S/C31H39N5O3/c1-3-23(31(19-37)10-11-31)15-25-16-28(32-17-21-8-12-39-13-9-21)36-29(34-25)27(18-33-36)22-4-7-26(20(2)14-22)30(38)35-24-5-6-24/h3-4,7,14,16,18,21,23-24,32,37H,1,5-6,8-13,15,17,19H2,2H3,(H,35,38). The van der Waals surface area contributed by atoms with E-state index in [0.717, 1.165) is 98.6 Å². The summed E-state index contributed by atoms with van der Waals surface area (Å²) in [5.74, 6) is 1.64. The summed E-state index contributed by atoms with van der Waals surface area (Å²) in [5.41, 5.74) is 5.24. The number of aliphatic hydroxyl groups is 1. The number of nitrogens with zero attached hydrogens (tertiary/aromatic N) is 3. The minimum absolute atomic E-state index is 0.00483. The van der Waals surface area contributed by atoms with Gasteiger partial charge >= 0.3 is 0 Å². The molecule has 3 fully saturated rings. The molecule has 1 atom stereocenters. The van der Waals surface area contributed by atoms with Crippen LogP contribution in [0.25, 0.3) is 16.8 Å². The summed E-state index contributed by atoms with van der Waals surface area (Å²) in [5, 5.41) is 21.5. The maximum atomic E-state index is 12.7. The maximum Gasteiger partial charge on any atom is 0.251 e. The number of nitrogens with one attached hydrogen (secondary N) is 2. The Balaban J connectivity index is 1.33. The Morgan fingerprint density at radius 2 is 2.05 bits per heavy atom. The summed E-state index contributed by atoms with van der Waals surface area (Å²) in [4.78, 5) is 17.8. The van der Waals surface area contributed by atoms with Crippen LogP contribution in [0.4, 0.5) is 5.82 Å². The molecule has 3 heterocycles. The van der Waals surface area contributed by atoms with E-state index < -0.39 is 0 Å². The van der Waals surface area contributed by atoms with Gasteiger partial charge in [0.1, 0.15) is 5.82 Å². The highest BCUT2D eigenvalue weighted by Crippen LogP contribution is 2.53. The number of aliphatic hydroxyl groups excluding tert-OH is 1. The predicted molar refractivity (Wildman–Crippen MR) is 152 cm³/mol. The van der Waals surface area contributed by atoms with Crippen molar-refractivity contribution in [3.63, 3.8) is 0 Å². The Labute approximate surface area is 229 Å². The van der Waals surface area contributed by atoms with Gasteiger partial charge < -0.3 is 20.5 Å². The molecule has 6 rings (SSSR count). The lowest BCUT2D eigenvalue weighted by molar-refractivity contribution is 0.0699. The molecule has 1 aliphatic heterocycles.